The molecule has 1 radical (unpaired) electrons. The van der Waals surface area contributed by atoms with Gasteiger partial charge in [0.25, 0.3) is 0 Å². The minimum absolute atomic E-state index is 0. The summed E-state index contributed by atoms with van der Waals surface area (Å²) < 4.78 is 0. The molecule has 5 heteroatoms. The van der Waals surface area contributed by atoms with Crippen LogP contribution < -0.4 is 0 Å². The first-order valence-corrected chi connectivity index (χ1v) is 9.31. The van der Waals surface area contributed by atoms with Crippen LogP contribution >= 0.6 is 24.8 Å². The molecule has 1 nitrogen and oxygen atoms in total. The predicted molar refractivity (Wildman–Crippen MR) is 130 cm³/mol. The summed E-state index contributed by atoms with van der Waals surface area (Å²) in [5.74, 6) is 0. The molecule has 1 aromatic carbocycles. The molecule has 0 aliphatic heterocycles. The number of benzene rings is 1. The van der Waals surface area contributed by atoms with Crippen LogP contribution in [-0.4, -0.2) is 9.52 Å². The molecule has 0 saturated carbocycles. The van der Waals surface area contributed by atoms with Gasteiger partial charge >= 0.3 is 0 Å². The van der Waals surface area contributed by atoms with Gasteiger partial charge in [0.1, 0.15) is 0 Å². The molecule has 157 valence electrons. The Labute approximate surface area is 200 Å². The smallest absolute Gasteiger partial charge is 0.0213 e. The average Bonchev–Trinajstić information content (AvgIpc) is 2.98. The number of allylic oxidation sites excluding steroid dienone is 4. The Morgan fingerprint density at radius 1 is 1.00 bits per heavy atom. The molecule has 0 bridgehead atoms. The second-order valence-corrected chi connectivity index (χ2v) is 5.54. The fourth-order valence-electron chi connectivity index (χ4n) is 1.39. The van der Waals surface area contributed by atoms with E-state index < -0.39 is 0 Å². The molecule has 1 aliphatic rings. The molecule has 0 amide bonds. The van der Waals surface area contributed by atoms with Crippen molar-refractivity contribution < 1.29 is 26.2 Å². The Kier molecular flexibility index (Phi) is 77.3. The molecule has 0 fully saturated rings. The average molecular weight is 497 g/mol. The minimum Gasteiger partial charge on any atom is -0.699 e. The molecule has 1 aliphatic carbocycles. The quantitative estimate of drug-likeness (QED) is 0.298. The summed E-state index contributed by atoms with van der Waals surface area (Å²) in [7, 11) is 0.750. The minimum atomic E-state index is 0. The van der Waals surface area contributed by atoms with Crippen LogP contribution in [0.3, 0.4) is 0 Å². The summed E-state index contributed by atoms with van der Waals surface area (Å²) in [4.78, 5) is 0. The Balaban J connectivity index is -0.0000000318. The van der Waals surface area contributed by atoms with Crippen molar-refractivity contribution in [1.29, 1.82) is 0 Å². The van der Waals surface area contributed by atoms with Gasteiger partial charge in [0.05, 0.1) is 0 Å². The molecule has 0 spiro atoms. The zero-order valence-corrected chi connectivity index (χ0v) is 23.0. The van der Waals surface area contributed by atoms with Gasteiger partial charge in [-0.15, -0.1) is 36.9 Å². The Morgan fingerprint density at radius 3 is 1.73 bits per heavy atom. The van der Waals surface area contributed by atoms with Crippen LogP contribution in [-0.2, 0) is 32.6 Å². The Hall–Kier alpha value is 0.180. The van der Waals surface area contributed by atoms with Gasteiger partial charge in [-0.1, -0.05) is 50.7 Å². The van der Waals surface area contributed by atoms with Crippen molar-refractivity contribution in [2.24, 2.45) is 0 Å². The Morgan fingerprint density at radius 2 is 1.46 bits per heavy atom. The fourth-order valence-corrected chi connectivity index (χ4v) is 1.39. The number of unbranched alkanes of at least 4 members (excludes halogenated alkanes) is 1. The summed E-state index contributed by atoms with van der Waals surface area (Å²) in [5.41, 5.74) is 9.22. The van der Waals surface area contributed by atoms with Gasteiger partial charge in [-0.3, -0.25) is 6.08 Å². The topological polar surface area (TPSA) is 23.8 Å². The monoisotopic (exact) mass is 494 g/mol. The maximum Gasteiger partial charge on any atom is 0.0213 e. The normalized spacial score (nSPS) is 8.27. The van der Waals surface area contributed by atoms with Crippen LogP contribution in [0, 0.1) is 35.8 Å². The maximum atomic E-state index is 7.27. The van der Waals surface area contributed by atoms with Crippen molar-refractivity contribution in [1.82, 2.24) is 0 Å². The van der Waals surface area contributed by atoms with E-state index >= 15 is 0 Å². The van der Waals surface area contributed by atoms with E-state index in [4.69, 9.17) is 5.73 Å². The van der Waals surface area contributed by atoms with Gasteiger partial charge < -0.3 is 35.4 Å². The third-order valence-electron chi connectivity index (χ3n) is 2.36. The van der Waals surface area contributed by atoms with Gasteiger partial charge in [-0.2, -0.15) is 6.08 Å². The summed E-state index contributed by atoms with van der Waals surface area (Å²) in [5, 5.41) is 0. The van der Waals surface area contributed by atoms with E-state index in [1.54, 1.807) is 0 Å². The summed E-state index contributed by atoms with van der Waals surface area (Å²) in [6, 6.07) is 7.78. The second kappa shape index (κ2) is 40.0. The standard InChI is InChI=1S/C10H14N.C5H5.C2H7Si.4CH3.2ClH.Zr/c1-2-3-4-9-5-7-10(11)8-6-9;1-2-4-5-3-1;1-3-2;;;;;;;/h5-8,11H,2-4H2,1H3;1-3H,4H2;3H,1-2H3;4*1H3;2*1H;/q2*-1;;4*-1;;;. The van der Waals surface area contributed by atoms with Crippen molar-refractivity contribution in [3.05, 3.63) is 89.6 Å². The van der Waals surface area contributed by atoms with Crippen molar-refractivity contribution >= 4 is 40.0 Å². The zero-order valence-electron chi connectivity index (χ0n) is 17.8. The number of hydrogen-bond acceptors (Lipinski definition) is 0. The molecule has 1 aromatic rings. The van der Waals surface area contributed by atoms with Crippen molar-refractivity contribution in [2.75, 3.05) is 0 Å². The third-order valence-corrected chi connectivity index (χ3v) is 2.36. The van der Waals surface area contributed by atoms with Crippen molar-refractivity contribution in [2.45, 2.75) is 45.7 Å². The second-order valence-electron chi connectivity index (χ2n) is 4.38. The maximum absolute atomic E-state index is 7.27. The van der Waals surface area contributed by atoms with Crippen LogP contribution in [0.25, 0.3) is 5.73 Å². The summed E-state index contributed by atoms with van der Waals surface area (Å²) >= 11 is 0. The Bertz CT molecular complexity index is 359. The molecule has 0 atom stereocenters. The van der Waals surface area contributed by atoms with Gasteiger partial charge in [0, 0.05) is 35.7 Å². The summed E-state index contributed by atoms with van der Waals surface area (Å²) in [6.45, 7) is 6.61. The molecule has 0 saturated heterocycles. The van der Waals surface area contributed by atoms with Gasteiger partial charge in [-0.05, 0) is 18.4 Å². The number of hydrogen-bond donors (Lipinski definition) is 0. The first kappa shape index (κ1) is 50.2. The van der Waals surface area contributed by atoms with Gasteiger partial charge in [0.15, 0.2) is 0 Å². The molecular formula is C21H40Cl2NSiZr-6. The van der Waals surface area contributed by atoms with E-state index in [0.717, 1.165) is 22.4 Å². The van der Waals surface area contributed by atoms with Crippen LogP contribution in [0.15, 0.2) is 42.5 Å². The van der Waals surface area contributed by atoms with E-state index in [1.807, 2.05) is 36.4 Å². The van der Waals surface area contributed by atoms with Crippen LogP contribution in [0.5, 0.6) is 0 Å². The summed E-state index contributed by atoms with van der Waals surface area (Å²) in [6.07, 6.45) is 13.6. The van der Waals surface area contributed by atoms with Crippen molar-refractivity contribution in [3.8, 4) is 0 Å². The molecule has 2 rings (SSSR count). The van der Waals surface area contributed by atoms with E-state index in [1.165, 1.54) is 18.4 Å². The molecule has 1 N–H and O–H groups in total. The first-order valence-electron chi connectivity index (χ1n) is 7.00. The zero-order chi connectivity index (χ0) is 14.3. The van der Waals surface area contributed by atoms with Crippen LogP contribution in [0.1, 0.15) is 31.7 Å². The molecule has 0 unspecified atom stereocenters. The molecular weight excluding hydrogens is 456 g/mol. The molecule has 26 heavy (non-hydrogen) atoms. The molecule has 0 heterocycles. The largest absolute Gasteiger partial charge is 0.699 e. The fraction of sp³-hybridized carbons (Fsp3) is 0.333. The SMILES string of the molecule is CCCCc1ccc([NH-])cc1.C[SiH]C.Cl.Cl.[C-]1=CC=CC1.[CH3-].[CH3-].[CH3-].[CH3-].[Zr]. The van der Waals surface area contributed by atoms with Crippen molar-refractivity contribution in [3.63, 3.8) is 0 Å². The predicted octanol–water partition coefficient (Wildman–Crippen LogP) is 8.18. The number of aryl methyl sites for hydroxylation is 1. The first-order chi connectivity index (χ1) is 9.24. The van der Waals surface area contributed by atoms with E-state index in [0.29, 0.717) is 5.69 Å². The number of rotatable bonds is 3. The van der Waals surface area contributed by atoms with Crippen LogP contribution in [0.4, 0.5) is 5.69 Å². The van der Waals surface area contributed by atoms with Gasteiger partial charge in [-0.25, -0.2) is 12.2 Å². The van der Waals surface area contributed by atoms with E-state index in [-0.39, 0.29) is 80.7 Å². The number of halogens is 2. The third kappa shape index (κ3) is 35.3. The molecule has 0 aromatic heterocycles. The van der Waals surface area contributed by atoms with E-state index in [9.17, 15) is 0 Å². The van der Waals surface area contributed by atoms with Crippen LogP contribution in [0.2, 0.25) is 13.1 Å². The van der Waals surface area contributed by atoms with Gasteiger partial charge in [0.2, 0.25) is 0 Å². The van der Waals surface area contributed by atoms with E-state index in [2.05, 4.69) is 32.2 Å². The number of nitrogens with one attached hydrogen (secondary N) is 1.